The van der Waals surface area contributed by atoms with Crippen LogP contribution in [0.3, 0.4) is 0 Å². The van der Waals surface area contributed by atoms with Crippen LogP contribution in [0.1, 0.15) is 27.0 Å². The number of carboxylic acids is 1. The molecule has 0 unspecified atom stereocenters. The largest absolute Gasteiger partial charge is 0.478 e. The lowest BCUT2D eigenvalue weighted by Crippen LogP contribution is -2.17. The molecule has 0 saturated carbocycles. The van der Waals surface area contributed by atoms with Crippen LogP contribution in [0.15, 0.2) is 82.6 Å². The van der Waals surface area contributed by atoms with E-state index in [1.807, 2.05) is 30.3 Å². The zero-order valence-corrected chi connectivity index (χ0v) is 17.3. The number of nitrogens with zero attached hydrogens (tertiary/aromatic N) is 2. The van der Waals surface area contributed by atoms with Gasteiger partial charge in [-0.05, 0) is 36.2 Å². The maximum atomic E-state index is 13.3. The highest BCUT2D eigenvalue weighted by Crippen LogP contribution is 2.24. The molecule has 0 aliphatic rings. The Bertz CT molecular complexity index is 1350. The Balaban J connectivity index is 1.87. The van der Waals surface area contributed by atoms with Gasteiger partial charge in [0.25, 0.3) is 5.56 Å². The van der Waals surface area contributed by atoms with Gasteiger partial charge in [-0.2, -0.15) is 0 Å². The van der Waals surface area contributed by atoms with Crippen molar-refractivity contribution in [3.05, 3.63) is 105 Å². The van der Waals surface area contributed by atoms with Crippen molar-refractivity contribution in [2.24, 2.45) is 4.99 Å². The van der Waals surface area contributed by atoms with Crippen LogP contribution in [0.25, 0.3) is 16.9 Å². The maximum absolute atomic E-state index is 13.3. The second-order valence-corrected chi connectivity index (χ2v) is 7.26. The van der Waals surface area contributed by atoms with Gasteiger partial charge in [0.2, 0.25) is 0 Å². The van der Waals surface area contributed by atoms with Crippen molar-refractivity contribution in [3.63, 3.8) is 0 Å². The average molecular weight is 427 g/mol. The topological polar surface area (TPSA) is 108 Å². The van der Waals surface area contributed by atoms with E-state index in [2.05, 4.69) is 10.1 Å². The number of nitrogens with one attached hydrogen (secondary N) is 1. The fourth-order valence-electron chi connectivity index (χ4n) is 3.50. The van der Waals surface area contributed by atoms with Crippen LogP contribution in [0.4, 0.5) is 5.69 Å². The Hall–Kier alpha value is -4.23. The van der Waals surface area contributed by atoms with Gasteiger partial charge < -0.3 is 10.2 Å². The first-order valence-electron chi connectivity index (χ1n) is 9.97. The fourth-order valence-corrected chi connectivity index (χ4v) is 3.50. The number of aromatic carboxylic acids is 1. The molecule has 3 aromatic carbocycles. The summed E-state index contributed by atoms with van der Waals surface area (Å²) in [6, 6.07) is 21.4. The molecule has 0 amide bonds. The normalized spacial score (nSPS) is 11.2. The van der Waals surface area contributed by atoms with Gasteiger partial charge in [-0.1, -0.05) is 54.6 Å². The third kappa shape index (κ3) is 4.01. The van der Waals surface area contributed by atoms with E-state index in [9.17, 15) is 19.8 Å². The summed E-state index contributed by atoms with van der Waals surface area (Å²) < 4.78 is 1.40. The summed E-state index contributed by atoms with van der Waals surface area (Å²) in [5.41, 5.74) is 3.64. The summed E-state index contributed by atoms with van der Waals surface area (Å²) >= 11 is 0. The summed E-state index contributed by atoms with van der Waals surface area (Å²) in [5, 5.41) is 22.0. The first kappa shape index (κ1) is 21.0. The minimum absolute atomic E-state index is 0.0878. The fraction of sp³-hybridized carbons (Fsp3) is 0.0800. The Morgan fingerprint density at radius 2 is 1.75 bits per heavy atom. The molecule has 0 aliphatic heterocycles. The second-order valence-electron chi connectivity index (χ2n) is 7.26. The summed E-state index contributed by atoms with van der Waals surface area (Å²) in [5.74, 6) is -1.08. The second kappa shape index (κ2) is 8.87. The molecule has 160 valence electrons. The van der Waals surface area contributed by atoms with E-state index in [0.29, 0.717) is 22.5 Å². The molecule has 0 bridgehead atoms. The number of carbonyl (C=O) groups is 1. The van der Waals surface area contributed by atoms with Gasteiger partial charge in [-0.3, -0.25) is 14.9 Å². The molecule has 0 radical (unpaired) electrons. The molecule has 32 heavy (non-hydrogen) atoms. The lowest BCUT2D eigenvalue weighted by atomic mass is 10.1. The standard InChI is InChI=1S/C25H21N3O4/c1-16-6-5-9-21(22(16)25(31)32)26-14-20-23(18-7-3-2-4-8-18)27-28(24(20)30)19-12-10-17(15-29)11-13-19/h2-14,27,29H,15H2,1H3,(H,31,32). The minimum Gasteiger partial charge on any atom is -0.478 e. The van der Waals surface area contributed by atoms with E-state index in [1.54, 1.807) is 49.4 Å². The van der Waals surface area contributed by atoms with Crippen LogP contribution in [-0.4, -0.2) is 32.2 Å². The van der Waals surface area contributed by atoms with E-state index in [0.717, 1.165) is 11.1 Å². The van der Waals surface area contributed by atoms with E-state index in [4.69, 9.17) is 0 Å². The molecule has 4 rings (SSSR count). The molecule has 0 fully saturated rings. The summed E-state index contributed by atoms with van der Waals surface area (Å²) in [7, 11) is 0. The lowest BCUT2D eigenvalue weighted by molar-refractivity contribution is 0.0697. The molecule has 4 aromatic rings. The van der Waals surface area contributed by atoms with Crippen molar-refractivity contribution in [2.75, 3.05) is 0 Å². The zero-order valence-electron chi connectivity index (χ0n) is 17.3. The van der Waals surface area contributed by atoms with Crippen molar-refractivity contribution < 1.29 is 15.0 Å². The third-order valence-corrected chi connectivity index (χ3v) is 5.16. The van der Waals surface area contributed by atoms with Gasteiger partial charge >= 0.3 is 5.97 Å². The summed E-state index contributed by atoms with van der Waals surface area (Å²) in [6.07, 6.45) is 1.40. The third-order valence-electron chi connectivity index (χ3n) is 5.16. The Morgan fingerprint density at radius 3 is 2.41 bits per heavy atom. The van der Waals surface area contributed by atoms with Gasteiger partial charge in [-0.25, -0.2) is 9.48 Å². The highest BCUT2D eigenvalue weighted by molar-refractivity contribution is 5.97. The van der Waals surface area contributed by atoms with Crippen molar-refractivity contribution in [1.29, 1.82) is 0 Å². The highest BCUT2D eigenvalue weighted by atomic mass is 16.4. The molecule has 0 saturated heterocycles. The molecule has 0 spiro atoms. The monoisotopic (exact) mass is 427 g/mol. The molecule has 1 aromatic heterocycles. The molecule has 0 aliphatic carbocycles. The molecule has 1 heterocycles. The van der Waals surface area contributed by atoms with E-state index < -0.39 is 5.97 Å². The number of aromatic amines is 1. The van der Waals surface area contributed by atoms with E-state index >= 15 is 0 Å². The quantitative estimate of drug-likeness (QED) is 0.403. The Labute approximate surface area is 183 Å². The molecule has 7 heteroatoms. The van der Waals surface area contributed by atoms with Crippen LogP contribution < -0.4 is 5.56 Å². The number of carboxylic acid groups (broad SMARTS) is 1. The molecular weight excluding hydrogens is 406 g/mol. The van der Waals surface area contributed by atoms with Gasteiger partial charge in [0.05, 0.1) is 34.8 Å². The Morgan fingerprint density at radius 1 is 1.03 bits per heavy atom. The molecular formula is C25H21N3O4. The smallest absolute Gasteiger partial charge is 0.338 e. The van der Waals surface area contributed by atoms with Crippen molar-refractivity contribution >= 4 is 17.9 Å². The van der Waals surface area contributed by atoms with Crippen molar-refractivity contribution in [3.8, 4) is 16.9 Å². The number of aliphatic imine (C=N–C) groups is 1. The zero-order chi connectivity index (χ0) is 22.7. The number of benzene rings is 3. The Kier molecular flexibility index (Phi) is 5.83. The lowest BCUT2D eigenvalue weighted by Gasteiger charge is -2.04. The summed E-state index contributed by atoms with van der Waals surface area (Å²) in [6.45, 7) is 1.62. The van der Waals surface area contributed by atoms with Crippen LogP contribution in [0.2, 0.25) is 0 Å². The van der Waals surface area contributed by atoms with Crippen LogP contribution in [0, 0.1) is 6.92 Å². The number of aliphatic hydroxyl groups is 1. The maximum Gasteiger partial charge on any atom is 0.338 e. The molecule has 7 nitrogen and oxygen atoms in total. The molecule has 0 atom stereocenters. The van der Waals surface area contributed by atoms with Gasteiger partial charge in [-0.15, -0.1) is 0 Å². The first-order chi connectivity index (χ1) is 15.5. The number of H-pyrrole nitrogens is 1. The summed E-state index contributed by atoms with van der Waals surface area (Å²) in [4.78, 5) is 29.4. The predicted molar refractivity (Wildman–Crippen MR) is 123 cm³/mol. The predicted octanol–water partition coefficient (Wildman–Crippen LogP) is 4.08. The number of aryl methyl sites for hydroxylation is 1. The van der Waals surface area contributed by atoms with Crippen LogP contribution in [-0.2, 0) is 6.61 Å². The van der Waals surface area contributed by atoms with Gasteiger partial charge in [0.1, 0.15) is 0 Å². The number of hydrogen-bond donors (Lipinski definition) is 3. The van der Waals surface area contributed by atoms with Crippen LogP contribution in [0.5, 0.6) is 0 Å². The number of hydrogen-bond acceptors (Lipinski definition) is 4. The average Bonchev–Trinajstić information content (AvgIpc) is 3.14. The highest BCUT2D eigenvalue weighted by Gasteiger charge is 2.17. The van der Waals surface area contributed by atoms with Crippen molar-refractivity contribution in [2.45, 2.75) is 13.5 Å². The van der Waals surface area contributed by atoms with E-state index in [-0.39, 0.29) is 23.4 Å². The van der Waals surface area contributed by atoms with Crippen molar-refractivity contribution in [1.82, 2.24) is 9.78 Å². The van der Waals surface area contributed by atoms with E-state index in [1.165, 1.54) is 10.9 Å². The van der Waals surface area contributed by atoms with Gasteiger partial charge in [0, 0.05) is 11.8 Å². The number of aromatic nitrogens is 2. The SMILES string of the molecule is Cc1cccc(N=Cc2c(-c3ccccc3)[nH]n(-c3ccc(CO)cc3)c2=O)c1C(=O)O. The van der Waals surface area contributed by atoms with Crippen LogP contribution >= 0.6 is 0 Å². The molecule has 3 N–H and O–H groups in total. The minimum atomic E-state index is -1.08. The van der Waals surface area contributed by atoms with Gasteiger partial charge in [0.15, 0.2) is 0 Å². The number of rotatable bonds is 6. The first-order valence-corrected chi connectivity index (χ1v) is 9.97. The number of aliphatic hydroxyl groups excluding tert-OH is 1.